The molecule has 2 rings (SSSR count). The highest BCUT2D eigenvalue weighted by Crippen LogP contribution is 2.29. The fourth-order valence-electron chi connectivity index (χ4n) is 1.77. The number of hydrogen-bond acceptors (Lipinski definition) is 1. The zero-order chi connectivity index (χ0) is 14.0. The molecule has 1 N–H and O–H groups in total. The van der Waals surface area contributed by atoms with Gasteiger partial charge in [-0.15, -0.1) is 0 Å². The van der Waals surface area contributed by atoms with Crippen LogP contribution in [0.3, 0.4) is 0 Å². The van der Waals surface area contributed by atoms with Crippen LogP contribution >= 0.6 is 31.9 Å². The lowest BCUT2D eigenvalue weighted by Crippen LogP contribution is -2.03. The van der Waals surface area contributed by atoms with Gasteiger partial charge in [0.25, 0.3) is 0 Å². The van der Waals surface area contributed by atoms with Crippen LogP contribution in [0.15, 0.2) is 45.3 Å². The smallest absolute Gasteiger partial charge is 0.159 e. The van der Waals surface area contributed by atoms with Gasteiger partial charge in [-0.3, -0.25) is 0 Å². The molecule has 19 heavy (non-hydrogen) atoms. The molecule has 1 nitrogen and oxygen atoms in total. The van der Waals surface area contributed by atoms with Gasteiger partial charge >= 0.3 is 0 Å². The van der Waals surface area contributed by atoms with Crippen molar-refractivity contribution in [3.63, 3.8) is 0 Å². The fourth-order valence-corrected chi connectivity index (χ4v) is 3.08. The first kappa shape index (κ1) is 14.6. The van der Waals surface area contributed by atoms with Crippen molar-refractivity contribution >= 4 is 31.9 Å². The summed E-state index contributed by atoms with van der Waals surface area (Å²) in [6.45, 7) is 0. The van der Waals surface area contributed by atoms with E-state index < -0.39 is 17.7 Å². The van der Waals surface area contributed by atoms with Crippen LogP contribution in [0.5, 0.6) is 0 Å². The summed E-state index contributed by atoms with van der Waals surface area (Å²) < 4.78 is 27.6. The van der Waals surface area contributed by atoms with Crippen molar-refractivity contribution in [3.8, 4) is 0 Å². The summed E-state index contributed by atoms with van der Waals surface area (Å²) in [6, 6.07) is 9.05. The largest absolute Gasteiger partial charge is 0.388 e. The maximum Gasteiger partial charge on any atom is 0.159 e. The van der Waals surface area contributed by atoms with E-state index in [1.54, 1.807) is 6.07 Å². The molecule has 0 amide bonds. The van der Waals surface area contributed by atoms with Crippen molar-refractivity contribution in [2.24, 2.45) is 0 Å². The minimum absolute atomic E-state index is 0.220. The van der Waals surface area contributed by atoms with Gasteiger partial charge < -0.3 is 5.11 Å². The van der Waals surface area contributed by atoms with E-state index in [1.165, 1.54) is 6.07 Å². The number of hydrogen-bond donors (Lipinski definition) is 1. The Labute approximate surface area is 126 Å². The Kier molecular flexibility index (Phi) is 4.71. The maximum absolute atomic E-state index is 13.1. The lowest BCUT2D eigenvalue weighted by Gasteiger charge is -2.13. The molecule has 0 aliphatic carbocycles. The summed E-state index contributed by atoms with van der Waals surface area (Å²) in [5, 5.41) is 10.1. The van der Waals surface area contributed by atoms with Gasteiger partial charge in [0.15, 0.2) is 11.6 Å². The molecular weight excluding hydrogens is 382 g/mol. The van der Waals surface area contributed by atoms with E-state index in [-0.39, 0.29) is 6.42 Å². The molecule has 1 atom stereocenters. The normalized spacial score (nSPS) is 12.5. The van der Waals surface area contributed by atoms with E-state index in [4.69, 9.17) is 0 Å². The molecule has 0 saturated carbocycles. The lowest BCUT2D eigenvalue weighted by molar-refractivity contribution is 0.177. The van der Waals surface area contributed by atoms with Gasteiger partial charge in [-0.1, -0.05) is 44.0 Å². The molecule has 2 aromatic carbocycles. The van der Waals surface area contributed by atoms with E-state index >= 15 is 0 Å². The second kappa shape index (κ2) is 6.11. The molecule has 0 fully saturated rings. The van der Waals surface area contributed by atoms with Gasteiger partial charge in [0.05, 0.1) is 6.10 Å². The summed E-state index contributed by atoms with van der Waals surface area (Å²) in [6.07, 6.45) is -0.565. The number of rotatable bonds is 3. The molecule has 2 aromatic rings. The summed E-state index contributed by atoms with van der Waals surface area (Å²) in [4.78, 5) is 0. The average molecular weight is 392 g/mol. The van der Waals surface area contributed by atoms with Crippen molar-refractivity contribution in [2.45, 2.75) is 12.5 Å². The molecule has 0 bridgehead atoms. The predicted octanol–water partition coefficient (Wildman–Crippen LogP) is 4.77. The lowest BCUT2D eigenvalue weighted by atomic mass is 10.0. The summed E-state index contributed by atoms with van der Waals surface area (Å²) >= 11 is 6.69. The Morgan fingerprint density at radius 2 is 1.74 bits per heavy atom. The number of halogens is 4. The van der Waals surface area contributed by atoms with Crippen LogP contribution in [0.25, 0.3) is 0 Å². The van der Waals surface area contributed by atoms with Gasteiger partial charge in [0.1, 0.15) is 0 Å². The second-order valence-corrected chi connectivity index (χ2v) is 5.90. The molecule has 0 aliphatic rings. The topological polar surface area (TPSA) is 20.2 Å². The minimum Gasteiger partial charge on any atom is -0.388 e. The average Bonchev–Trinajstić information content (AvgIpc) is 2.33. The quantitative estimate of drug-likeness (QED) is 0.799. The number of benzene rings is 2. The molecule has 0 heterocycles. The summed E-state index contributed by atoms with van der Waals surface area (Å²) in [7, 11) is 0. The second-order valence-electron chi connectivity index (χ2n) is 4.13. The van der Waals surface area contributed by atoms with Crippen LogP contribution in [0.4, 0.5) is 8.78 Å². The first-order chi connectivity index (χ1) is 8.97. The van der Waals surface area contributed by atoms with Gasteiger partial charge in [-0.2, -0.15) is 0 Å². The van der Waals surface area contributed by atoms with E-state index in [9.17, 15) is 13.9 Å². The van der Waals surface area contributed by atoms with Crippen LogP contribution < -0.4 is 0 Å². The highest BCUT2D eigenvalue weighted by molar-refractivity contribution is 9.11. The van der Waals surface area contributed by atoms with Gasteiger partial charge in [-0.25, -0.2) is 8.78 Å². The Bertz CT molecular complexity index is 602. The standard InChI is InChI=1S/C14H10Br2F2O/c15-9-2-3-10(11(16)7-9)14(19)6-8-1-4-12(17)13(18)5-8/h1-5,7,14,19H,6H2. The van der Waals surface area contributed by atoms with Crippen molar-refractivity contribution < 1.29 is 13.9 Å². The Morgan fingerprint density at radius 1 is 1.00 bits per heavy atom. The van der Waals surface area contributed by atoms with Crippen molar-refractivity contribution in [1.29, 1.82) is 0 Å². The van der Waals surface area contributed by atoms with Crippen molar-refractivity contribution in [1.82, 2.24) is 0 Å². The molecule has 5 heteroatoms. The summed E-state index contributed by atoms with van der Waals surface area (Å²) in [5.74, 6) is -1.79. The third kappa shape index (κ3) is 3.61. The Hall–Kier alpha value is -0.780. The van der Waals surface area contributed by atoms with Crippen molar-refractivity contribution in [2.75, 3.05) is 0 Å². The zero-order valence-corrected chi connectivity index (χ0v) is 12.9. The molecule has 0 radical (unpaired) electrons. The highest BCUT2D eigenvalue weighted by Gasteiger charge is 2.13. The SMILES string of the molecule is OC(Cc1ccc(F)c(F)c1)c1ccc(Br)cc1Br. The first-order valence-electron chi connectivity index (χ1n) is 5.54. The van der Waals surface area contributed by atoms with E-state index in [0.717, 1.165) is 21.1 Å². The van der Waals surface area contributed by atoms with Crippen LogP contribution in [-0.4, -0.2) is 5.11 Å². The third-order valence-corrected chi connectivity index (χ3v) is 3.91. The molecule has 1 unspecified atom stereocenters. The summed E-state index contributed by atoms with van der Waals surface area (Å²) in [5.41, 5.74) is 1.24. The third-order valence-electron chi connectivity index (χ3n) is 2.73. The molecule has 0 aliphatic heterocycles. The fraction of sp³-hybridized carbons (Fsp3) is 0.143. The zero-order valence-electron chi connectivity index (χ0n) is 9.71. The van der Waals surface area contributed by atoms with Gasteiger partial charge in [0.2, 0.25) is 0 Å². The predicted molar refractivity (Wildman–Crippen MR) is 76.9 cm³/mol. The molecule has 0 spiro atoms. The Balaban J connectivity index is 2.20. The highest BCUT2D eigenvalue weighted by atomic mass is 79.9. The van der Waals surface area contributed by atoms with E-state index in [1.807, 2.05) is 12.1 Å². The molecule has 0 aromatic heterocycles. The number of aliphatic hydroxyl groups excluding tert-OH is 1. The van der Waals surface area contributed by atoms with E-state index in [2.05, 4.69) is 31.9 Å². The van der Waals surface area contributed by atoms with Crippen molar-refractivity contribution in [3.05, 3.63) is 68.1 Å². The van der Waals surface area contributed by atoms with Gasteiger partial charge in [-0.05, 0) is 35.4 Å². The van der Waals surface area contributed by atoms with Gasteiger partial charge in [0, 0.05) is 15.4 Å². The van der Waals surface area contributed by atoms with Crippen LogP contribution in [0.1, 0.15) is 17.2 Å². The minimum atomic E-state index is -0.903. The Morgan fingerprint density at radius 3 is 2.37 bits per heavy atom. The monoisotopic (exact) mass is 390 g/mol. The van der Waals surface area contributed by atoms with Crippen LogP contribution in [-0.2, 0) is 6.42 Å². The molecular formula is C14H10Br2F2O. The van der Waals surface area contributed by atoms with E-state index in [0.29, 0.717) is 11.1 Å². The number of aliphatic hydroxyl groups is 1. The van der Waals surface area contributed by atoms with Crippen LogP contribution in [0, 0.1) is 11.6 Å². The molecule has 0 saturated heterocycles. The first-order valence-corrected chi connectivity index (χ1v) is 7.13. The molecule has 100 valence electrons. The van der Waals surface area contributed by atoms with Crippen LogP contribution in [0.2, 0.25) is 0 Å². The maximum atomic E-state index is 13.1.